The molecule has 0 saturated heterocycles. The first-order valence-corrected chi connectivity index (χ1v) is 14.7. The van der Waals surface area contributed by atoms with E-state index in [9.17, 15) is 29.4 Å². The molecule has 11 nitrogen and oxygen atoms in total. The first-order valence-electron chi connectivity index (χ1n) is 13.2. The number of ketones is 1. The van der Waals surface area contributed by atoms with Crippen molar-refractivity contribution in [3.05, 3.63) is 112 Å². The maximum atomic E-state index is 14.2. The predicted molar refractivity (Wildman–Crippen MR) is 149 cm³/mol. The molecule has 1 fully saturated rings. The van der Waals surface area contributed by atoms with Crippen molar-refractivity contribution in [1.29, 1.82) is 0 Å². The smallest absolute Gasteiger partial charge is 0.457 e. The Morgan fingerprint density at radius 2 is 1.50 bits per heavy atom. The van der Waals surface area contributed by atoms with E-state index < -0.39 is 48.5 Å². The van der Waals surface area contributed by atoms with Gasteiger partial charge in [-0.05, 0) is 54.8 Å². The summed E-state index contributed by atoms with van der Waals surface area (Å²) in [6.45, 7) is 2.96. The van der Waals surface area contributed by atoms with Crippen LogP contribution in [0.4, 0.5) is 5.69 Å². The number of non-ortho nitro benzene ring substituents is 1. The molecule has 5 rings (SSSR count). The number of hydrogen-bond acceptors (Lipinski definition) is 10. The van der Waals surface area contributed by atoms with Crippen LogP contribution in [-0.2, 0) is 30.0 Å². The molecule has 3 unspecified atom stereocenters. The number of nitro groups is 1. The molecule has 2 aliphatic carbocycles. The van der Waals surface area contributed by atoms with Crippen molar-refractivity contribution in [1.82, 2.24) is 0 Å². The Bertz CT molecular complexity index is 1510. The third kappa shape index (κ3) is 5.79. The van der Waals surface area contributed by atoms with Crippen molar-refractivity contribution in [2.75, 3.05) is 0 Å². The Balaban J connectivity index is 1.48. The standard InChI is InChI=1S/C30H28NO10P/c1-18-24-25(19(2)32)28(33)26(24)27(30(34)38-17-20-13-15-21(16-14-20)31(35)36)29(18)41-42(37,39-22-9-5-3-6-10-22)40-23-11-7-4-8-12-23/h3-16,18-19,24-26,32H,17H2,1-2H3/t18-,19-,24?,25?,26?/m1/s1. The monoisotopic (exact) mass is 593 g/mol. The van der Waals surface area contributed by atoms with Crippen molar-refractivity contribution in [2.45, 2.75) is 26.6 Å². The fraction of sp³-hybridized carbons (Fsp3) is 0.267. The molecule has 0 heterocycles. The number of ether oxygens (including phenoxy) is 1. The molecule has 0 spiro atoms. The lowest BCUT2D eigenvalue weighted by molar-refractivity contribution is -0.384. The molecular formula is C30H28NO10P. The van der Waals surface area contributed by atoms with Crippen molar-refractivity contribution in [2.24, 2.45) is 23.7 Å². The highest BCUT2D eigenvalue weighted by atomic mass is 31.2. The zero-order chi connectivity index (χ0) is 30.0. The second-order valence-electron chi connectivity index (χ2n) is 10.1. The van der Waals surface area contributed by atoms with E-state index >= 15 is 0 Å². The molecule has 12 heteroatoms. The number of Topliss-reactive ketones (excluding diaryl/α,β-unsaturated/α-hetero) is 1. The largest absolute Gasteiger partial charge is 0.646 e. The minimum atomic E-state index is -4.51. The number of aliphatic hydroxyl groups excluding tert-OH is 1. The number of hydrogen-bond donors (Lipinski definition) is 1. The molecule has 5 atom stereocenters. The molecule has 42 heavy (non-hydrogen) atoms. The number of benzene rings is 3. The molecule has 0 aromatic heterocycles. The van der Waals surface area contributed by atoms with Gasteiger partial charge in [0, 0.05) is 24.0 Å². The number of nitro benzene ring substituents is 1. The van der Waals surface area contributed by atoms with Gasteiger partial charge in [0.05, 0.1) is 22.5 Å². The van der Waals surface area contributed by atoms with Gasteiger partial charge in [0.1, 0.15) is 29.6 Å². The maximum absolute atomic E-state index is 14.2. The number of carbonyl (C=O) groups is 2. The average Bonchev–Trinajstić information content (AvgIpc) is 3.20. The van der Waals surface area contributed by atoms with Crippen LogP contribution < -0.4 is 9.05 Å². The highest BCUT2D eigenvalue weighted by Gasteiger charge is 2.63. The average molecular weight is 594 g/mol. The summed E-state index contributed by atoms with van der Waals surface area (Å²) in [5.41, 5.74) is 0.240. The van der Waals surface area contributed by atoms with E-state index in [-0.39, 0.29) is 40.9 Å². The Hall–Kier alpha value is -4.47. The number of allylic oxidation sites excluding steroid dienone is 1. The summed E-state index contributed by atoms with van der Waals surface area (Å²) in [4.78, 5) is 37.1. The van der Waals surface area contributed by atoms with Crippen LogP contribution in [0.25, 0.3) is 0 Å². The lowest BCUT2D eigenvalue weighted by Crippen LogP contribution is -2.53. The highest BCUT2D eigenvalue weighted by Crippen LogP contribution is 2.61. The van der Waals surface area contributed by atoms with Crippen molar-refractivity contribution in [3.8, 4) is 11.5 Å². The summed E-state index contributed by atoms with van der Waals surface area (Å²) in [5.74, 6) is -3.77. The predicted octanol–water partition coefficient (Wildman–Crippen LogP) is 5.64. The second kappa shape index (κ2) is 11.8. The second-order valence-corrected chi connectivity index (χ2v) is 11.6. The molecule has 218 valence electrons. The number of esters is 1. The summed E-state index contributed by atoms with van der Waals surface area (Å²) in [7, 11) is -4.51. The maximum Gasteiger partial charge on any atom is 0.646 e. The van der Waals surface area contributed by atoms with Gasteiger partial charge in [-0.25, -0.2) is 4.79 Å². The number of rotatable bonds is 11. The molecule has 0 amide bonds. The van der Waals surface area contributed by atoms with Crippen molar-refractivity contribution >= 4 is 25.3 Å². The van der Waals surface area contributed by atoms with Gasteiger partial charge in [0.25, 0.3) is 5.69 Å². The fourth-order valence-electron chi connectivity index (χ4n) is 5.44. The zero-order valence-electron chi connectivity index (χ0n) is 22.7. The number of nitrogens with zero attached hydrogens (tertiary/aromatic N) is 1. The minimum Gasteiger partial charge on any atom is -0.457 e. The van der Waals surface area contributed by atoms with Crippen LogP contribution in [0.3, 0.4) is 0 Å². The number of aliphatic hydroxyl groups is 1. The van der Waals surface area contributed by atoms with Crippen LogP contribution in [0.1, 0.15) is 19.4 Å². The molecule has 0 radical (unpaired) electrons. The summed E-state index contributed by atoms with van der Waals surface area (Å²) >= 11 is 0. The molecule has 1 saturated carbocycles. The molecule has 0 bridgehead atoms. The summed E-state index contributed by atoms with van der Waals surface area (Å²) in [5, 5.41) is 21.3. The van der Waals surface area contributed by atoms with Crippen LogP contribution in [0.5, 0.6) is 11.5 Å². The molecule has 2 aliphatic rings. The van der Waals surface area contributed by atoms with Gasteiger partial charge in [-0.2, -0.15) is 4.57 Å². The molecule has 3 aromatic carbocycles. The molecule has 0 aliphatic heterocycles. The van der Waals surface area contributed by atoms with Gasteiger partial charge in [-0.15, -0.1) is 0 Å². The third-order valence-electron chi connectivity index (χ3n) is 7.39. The zero-order valence-corrected chi connectivity index (χ0v) is 23.6. The highest BCUT2D eigenvalue weighted by molar-refractivity contribution is 7.49. The Kier molecular flexibility index (Phi) is 8.15. The summed E-state index contributed by atoms with van der Waals surface area (Å²) < 4.78 is 37.1. The lowest BCUT2D eigenvalue weighted by atomic mass is 9.59. The van der Waals surface area contributed by atoms with Gasteiger partial charge >= 0.3 is 13.8 Å². The normalized spacial score (nSPS) is 22.0. The van der Waals surface area contributed by atoms with Crippen LogP contribution in [0.15, 0.2) is 96.3 Å². The first-order chi connectivity index (χ1) is 20.1. The van der Waals surface area contributed by atoms with Gasteiger partial charge < -0.3 is 23.4 Å². The van der Waals surface area contributed by atoms with E-state index in [4.69, 9.17) is 18.3 Å². The van der Waals surface area contributed by atoms with E-state index in [1.165, 1.54) is 31.2 Å². The van der Waals surface area contributed by atoms with Crippen LogP contribution in [0, 0.1) is 33.8 Å². The molecular weight excluding hydrogens is 565 g/mol. The van der Waals surface area contributed by atoms with Crippen LogP contribution >= 0.6 is 7.82 Å². The van der Waals surface area contributed by atoms with E-state index in [1.54, 1.807) is 67.6 Å². The van der Waals surface area contributed by atoms with E-state index in [0.717, 1.165) is 0 Å². The molecule has 3 aromatic rings. The van der Waals surface area contributed by atoms with Gasteiger partial charge in [0.2, 0.25) is 0 Å². The number of para-hydroxylation sites is 2. The van der Waals surface area contributed by atoms with E-state index in [2.05, 4.69) is 0 Å². The third-order valence-corrected chi connectivity index (χ3v) is 8.68. The number of phosphoric ester groups is 1. The Labute approximate surface area is 241 Å². The fourth-order valence-corrected chi connectivity index (χ4v) is 6.82. The van der Waals surface area contributed by atoms with Crippen LogP contribution in [0.2, 0.25) is 0 Å². The van der Waals surface area contributed by atoms with Crippen molar-refractivity contribution in [3.63, 3.8) is 0 Å². The Morgan fingerprint density at radius 3 is 2.00 bits per heavy atom. The summed E-state index contributed by atoms with van der Waals surface area (Å²) in [6.07, 6.45) is -0.981. The molecule has 1 N–H and O–H groups in total. The van der Waals surface area contributed by atoms with Gasteiger partial charge in [-0.1, -0.05) is 43.3 Å². The van der Waals surface area contributed by atoms with Gasteiger partial charge in [-0.3, -0.25) is 14.9 Å². The van der Waals surface area contributed by atoms with E-state index in [0.29, 0.717) is 5.56 Å². The SMILES string of the molecule is C[C@@H](O)C1C(=O)C2C(C(=O)OCc3ccc([N+](=O)[O-])cc3)=C(OP(=O)(Oc3ccccc3)Oc3ccccc3)[C@H](C)C21. The van der Waals surface area contributed by atoms with Crippen LogP contribution in [-0.4, -0.2) is 27.9 Å². The number of fused-ring (bicyclic) bond motifs is 1. The topological polar surface area (TPSA) is 152 Å². The summed E-state index contributed by atoms with van der Waals surface area (Å²) in [6, 6.07) is 21.9. The quantitative estimate of drug-likeness (QED) is 0.128. The lowest BCUT2D eigenvalue weighted by Gasteiger charge is -2.43. The van der Waals surface area contributed by atoms with Crippen molar-refractivity contribution < 1.29 is 42.5 Å². The first kappa shape index (κ1) is 29.0. The van der Waals surface area contributed by atoms with E-state index in [1.807, 2.05) is 0 Å². The van der Waals surface area contributed by atoms with Gasteiger partial charge in [0.15, 0.2) is 0 Å². The Morgan fingerprint density at radius 1 is 0.952 bits per heavy atom. The minimum absolute atomic E-state index is 0.0783. The number of carbonyl (C=O) groups excluding carboxylic acids is 2. The number of phosphoric acid groups is 1.